The summed E-state index contributed by atoms with van der Waals surface area (Å²) in [5.74, 6) is 0.845. The molecule has 21 heavy (non-hydrogen) atoms. The largest absolute Gasteiger partial charge is 0.393 e. The minimum absolute atomic E-state index is 0.498. The van der Waals surface area contributed by atoms with Gasteiger partial charge in [-0.25, -0.2) is 4.98 Å². The van der Waals surface area contributed by atoms with Crippen LogP contribution in [0.15, 0.2) is 48.5 Å². The van der Waals surface area contributed by atoms with Gasteiger partial charge in [0.25, 0.3) is 0 Å². The number of rotatable bonds is 4. The molecule has 5 heteroatoms. The smallest absolute Gasteiger partial charge is 0.142 e. The molecule has 0 aliphatic heterocycles. The molecule has 2 N–H and O–H groups in total. The molecule has 0 saturated carbocycles. The first-order chi connectivity index (χ1) is 10.2. The van der Waals surface area contributed by atoms with E-state index in [1.807, 2.05) is 48.5 Å². The highest BCUT2D eigenvalue weighted by molar-refractivity contribution is 7.80. The number of fused-ring (bicyclic) bond motifs is 1. The first kappa shape index (κ1) is 14.0. The second kappa shape index (κ2) is 5.84. The average molecular weight is 316 g/mol. The Morgan fingerprint density at radius 1 is 1.14 bits per heavy atom. The number of thiocarbonyl (C=S) groups is 1. The van der Waals surface area contributed by atoms with Gasteiger partial charge >= 0.3 is 0 Å². The standard InChI is InChI=1S/C16H14ClN3S/c17-12-6-2-1-5-11(12)16-19-13-7-3-4-8-14(13)20(16)10-9-15(18)21/h1-8H,9-10H2,(H2,18,21). The first-order valence-corrected chi connectivity index (χ1v) is 7.44. The number of nitrogens with zero attached hydrogens (tertiary/aromatic N) is 2. The molecule has 0 aliphatic carbocycles. The van der Waals surface area contributed by atoms with Crippen LogP contribution in [0.2, 0.25) is 5.02 Å². The topological polar surface area (TPSA) is 43.8 Å². The molecule has 3 aromatic rings. The Hall–Kier alpha value is -1.91. The lowest BCUT2D eigenvalue weighted by Gasteiger charge is -2.09. The zero-order chi connectivity index (χ0) is 14.8. The van der Waals surface area contributed by atoms with Gasteiger partial charge in [-0.1, -0.05) is 48.1 Å². The summed E-state index contributed by atoms with van der Waals surface area (Å²) in [6.07, 6.45) is 0.632. The number of hydrogen-bond donors (Lipinski definition) is 1. The van der Waals surface area contributed by atoms with Gasteiger partial charge in [0.2, 0.25) is 0 Å². The molecule has 0 atom stereocenters. The van der Waals surface area contributed by atoms with Crippen LogP contribution >= 0.6 is 23.8 Å². The van der Waals surface area contributed by atoms with Crippen molar-refractivity contribution in [3.63, 3.8) is 0 Å². The fourth-order valence-corrected chi connectivity index (χ4v) is 2.68. The summed E-state index contributed by atoms with van der Waals surface area (Å²) < 4.78 is 2.12. The summed E-state index contributed by atoms with van der Waals surface area (Å²) in [4.78, 5) is 5.21. The van der Waals surface area contributed by atoms with Crippen molar-refractivity contribution in [3.05, 3.63) is 53.6 Å². The van der Waals surface area contributed by atoms with Crippen LogP contribution in [0.5, 0.6) is 0 Å². The molecule has 0 unspecified atom stereocenters. The second-order valence-corrected chi connectivity index (χ2v) is 5.70. The lowest BCUT2D eigenvalue weighted by molar-refractivity contribution is 0.757. The summed E-state index contributed by atoms with van der Waals surface area (Å²) >= 11 is 11.3. The first-order valence-electron chi connectivity index (χ1n) is 6.65. The van der Waals surface area contributed by atoms with Crippen molar-refractivity contribution in [1.29, 1.82) is 0 Å². The average Bonchev–Trinajstić information content (AvgIpc) is 2.84. The summed E-state index contributed by atoms with van der Waals surface area (Å²) in [6.45, 7) is 0.691. The van der Waals surface area contributed by atoms with Crippen LogP contribution in [0.3, 0.4) is 0 Å². The summed E-state index contributed by atoms with van der Waals surface area (Å²) in [5.41, 5.74) is 8.56. The number of nitrogens with two attached hydrogens (primary N) is 1. The predicted molar refractivity (Wildman–Crippen MR) is 91.6 cm³/mol. The highest BCUT2D eigenvalue weighted by atomic mass is 35.5. The fourth-order valence-electron chi connectivity index (χ4n) is 2.37. The highest BCUT2D eigenvalue weighted by Gasteiger charge is 2.14. The zero-order valence-corrected chi connectivity index (χ0v) is 12.9. The molecule has 3 nitrogen and oxygen atoms in total. The number of benzene rings is 2. The molecule has 3 rings (SSSR count). The van der Waals surface area contributed by atoms with E-state index in [0.29, 0.717) is 23.0 Å². The Labute approximate surface area is 133 Å². The van der Waals surface area contributed by atoms with E-state index >= 15 is 0 Å². The molecule has 0 fully saturated rings. The molecule has 0 radical (unpaired) electrons. The Kier molecular flexibility index (Phi) is 3.90. The van der Waals surface area contributed by atoms with Crippen molar-refractivity contribution < 1.29 is 0 Å². The molecular formula is C16H14ClN3S. The van der Waals surface area contributed by atoms with Gasteiger partial charge in [0, 0.05) is 18.5 Å². The maximum Gasteiger partial charge on any atom is 0.142 e. The third kappa shape index (κ3) is 2.77. The Bertz CT molecular complexity index is 810. The van der Waals surface area contributed by atoms with Gasteiger partial charge in [-0.15, -0.1) is 0 Å². The lowest BCUT2D eigenvalue weighted by Crippen LogP contribution is -2.12. The van der Waals surface area contributed by atoms with E-state index < -0.39 is 0 Å². The number of aromatic nitrogens is 2. The highest BCUT2D eigenvalue weighted by Crippen LogP contribution is 2.30. The summed E-state index contributed by atoms with van der Waals surface area (Å²) in [7, 11) is 0. The van der Waals surface area contributed by atoms with Gasteiger partial charge in [0.05, 0.1) is 21.0 Å². The maximum absolute atomic E-state index is 6.32. The van der Waals surface area contributed by atoms with Crippen molar-refractivity contribution in [1.82, 2.24) is 9.55 Å². The molecule has 0 saturated heterocycles. The SMILES string of the molecule is NC(=S)CCn1c(-c2ccccc2Cl)nc2ccccc21. The van der Waals surface area contributed by atoms with Gasteiger partial charge < -0.3 is 10.3 Å². The molecule has 0 bridgehead atoms. The van der Waals surface area contributed by atoms with Crippen LogP contribution in [0, 0.1) is 0 Å². The van der Waals surface area contributed by atoms with Gasteiger partial charge in [0.15, 0.2) is 0 Å². The normalized spacial score (nSPS) is 10.9. The predicted octanol–water partition coefficient (Wildman–Crippen LogP) is 4.03. The quantitative estimate of drug-likeness (QED) is 0.739. The number of imidazole rings is 1. The fraction of sp³-hybridized carbons (Fsp3) is 0.125. The summed E-state index contributed by atoms with van der Waals surface area (Å²) in [6, 6.07) is 15.7. The van der Waals surface area contributed by atoms with E-state index in [0.717, 1.165) is 22.4 Å². The van der Waals surface area contributed by atoms with E-state index in [-0.39, 0.29) is 0 Å². The van der Waals surface area contributed by atoms with Crippen molar-refractivity contribution in [2.75, 3.05) is 0 Å². The van der Waals surface area contributed by atoms with Gasteiger partial charge in [-0.05, 0) is 24.3 Å². The molecule has 0 amide bonds. The molecule has 2 aromatic carbocycles. The number of halogens is 1. The van der Waals surface area contributed by atoms with Gasteiger partial charge in [0.1, 0.15) is 5.82 Å². The Morgan fingerprint density at radius 2 is 1.86 bits per heavy atom. The minimum atomic E-state index is 0.498. The number of aryl methyl sites for hydroxylation is 1. The van der Waals surface area contributed by atoms with Crippen molar-refractivity contribution >= 4 is 39.8 Å². The van der Waals surface area contributed by atoms with Crippen molar-refractivity contribution in [3.8, 4) is 11.4 Å². The Morgan fingerprint density at radius 3 is 2.62 bits per heavy atom. The lowest BCUT2D eigenvalue weighted by atomic mass is 10.2. The van der Waals surface area contributed by atoms with E-state index in [4.69, 9.17) is 34.5 Å². The van der Waals surface area contributed by atoms with Crippen LogP contribution < -0.4 is 5.73 Å². The molecule has 0 spiro atoms. The molecular weight excluding hydrogens is 302 g/mol. The number of hydrogen-bond acceptors (Lipinski definition) is 2. The van der Waals surface area contributed by atoms with E-state index in [9.17, 15) is 0 Å². The van der Waals surface area contributed by atoms with Gasteiger partial charge in [-0.3, -0.25) is 0 Å². The van der Waals surface area contributed by atoms with E-state index in [1.165, 1.54) is 0 Å². The third-order valence-corrected chi connectivity index (χ3v) is 3.88. The minimum Gasteiger partial charge on any atom is -0.393 e. The summed E-state index contributed by atoms with van der Waals surface area (Å²) in [5, 5.41) is 0.685. The van der Waals surface area contributed by atoms with E-state index in [2.05, 4.69) is 4.57 Å². The molecule has 106 valence electrons. The van der Waals surface area contributed by atoms with Crippen LogP contribution in [-0.4, -0.2) is 14.5 Å². The molecule has 1 aromatic heterocycles. The molecule has 0 aliphatic rings. The monoisotopic (exact) mass is 315 g/mol. The van der Waals surface area contributed by atoms with Gasteiger partial charge in [-0.2, -0.15) is 0 Å². The second-order valence-electron chi connectivity index (χ2n) is 4.77. The van der Waals surface area contributed by atoms with Crippen LogP contribution in [0.1, 0.15) is 6.42 Å². The maximum atomic E-state index is 6.32. The van der Waals surface area contributed by atoms with Crippen LogP contribution in [0.25, 0.3) is 22.4 Å². The third-order valence-electron chi connectivity index (χ3n) is 3.35. The molecule has 1 heterocycles. The van der Waals surface area contributed by atoms with Crippen molar-refractivity contribution in [2.45, 2.75) is 13.0 Å². The van der Waals surface area contributed by atoms with Crippen LogP contribution in [0.4, 0.5) is 0 Å². The van der Waals surface area contributed by atoms with E-state index in [1.54, 1.807) is 0 Å². The Balaban J connectivity index is 2.19. The number of para-hydroxylation sites is 2. The van der Waals surface area contributed by atoms with Crippen molar-refractivity contribution in [2.24, 2.45) is 5.73 Å². The zero-order valence-electron chi connectivity index (χ0n) is 11.3. The van der Waals surface area contributed by atoms with Crippen LogP contribution in [-0.2, 0) is 6.54 Å².